The van der Waals surface area contributed by atoms with E-state index in [-0.39, 0.29) is 16.9 Å². The van der Waals surface area contributed by atoms with Gasteiger partial charge in [0.25, 0.3) is 11.8 Å². The molecule has 0 fully saturated rings. The molecular weight excluding hydrogens is 362 g/mol. The van der Waals surface area contributed by atoms with Gasteiger partial charge in [-0.05, 0) is 54.7 Å². The van der Waals surface area contributed by atoms with Crippen molar-refractivity contribution in [3.05, 3.63) is 89.9 Å². The smallest absolute Gasteiger partial charge is 0.257 e. The number of nitrogens with one attached hydrogen (secondary N) is 3. The van der Waals surface area contributed by atoms with Crippen LogP contribution >= 0.6 is 12.2 Å². The molecule has 2 amide bonds. The fourth-order valence-corrected chi connectivity index (χ4v) is 2.56. The van der Waals surface area contributed by atoms with E-state index in [4.69, 9.17) is 16.6 Å². The van der Waals surface area contributed by atoms with Crippen molar-refractivity contribution in [3.63, 3.8) is 0 Å². The summed E-state index contributed by atoms with van der Waals surface area (Å²) in [5.41, 5.74) is 1.57. The van der Waals surface area contributed by atoms with Crippen molar-refractivity contribution in [2.24, 2.45) is 0 Å². The van der Waals surface area contributed by atoms with Crippen molar-refractivity contribution in [1.29, 1.82) is 0 Å². The number of carbonyl (C=O) groups excluding carboxylic acids is 2. The van der Waals surface area contributed by atoms with Crippen LogP contribution in [0.25, 0.3) is 0 Å². The van der Waals surface area contributed by atoms with Crippen LogP contribution in [0.5, 0.6) is 0 Å². The lowest BCUT2D eigenvalue weighted by atomic mass is 10.2. The second-order valence-corrected chi connectivity index (χ2v) is 6.03. The van der Waals surface area contributed by atoms with Crippen molar-refractivity contribution in [1.82, 2.24) is 10.6 Å². The average Bonchev–Trinajstić information content (AvgIpc) is 3.20. The molecule has 3 rings (SSSR count). The molecule has 0 spiro atoms. The van der Waals surface area contributed by atoms with E-state index in [2.05, 4.69) is 16.0 Å². The number of benzene rings is 2. The number of carbonyl (C=O) groups is 2. The molecule has 0 saturated heterocycles. The zero-order valence-corrected chi connectivity index (χ0v) is 15.1. The molecule has 3 aromatic rings. The fraction of sp³-hybridized carbons (Fsp3) is 0.0500. The van der Waals surface area contributed by atoms with E-state index in [1.807, 2.05) is 6.07 Å². The summed E-state index contributed by atoms with van der Waals surface area (Å²) < 4.78 is 5.19. The molecule has 6 nitrogen and oxygen atoms in total. The number of furan rings is 1. The number of thiocarbonyl (C=S) groups is 1. The van der Waals surface area contributed by atoms with E-state index in [1.54, 1.807) is 66.9 Å². The Kier molecular flexibility index (Phi) is 5.96. The highest BCUT2D eigenvalue weighted by molar-refractivity contribution is 7.80. The van der Waals surface area contributed by atoms with Gasteiger partial charge >= 0.3 is 0 Å². The van der Waals surface area contributed by atoms with Gasteiger partial charge in [0.05, 0.1) is 12.8 Å². The normalized spacial score (nSPS) is 10.1. The fourth-order valence-electron chi connectivity index (χ4n) is 2.35. The topological polar surface area (TPSA) is 83.4 Å². The average molecular weight is 379 g/mol. The van der Waals surface area contributed by atoms with Crippen molar-refractivity contribution < 1.29 is 14.0 Å². The second kappa shape index (κ2) is 8.77. The van der Waals surface area contributed by atoms with Gasteiger partial charge in [-0.3, -0.25) is 14.9 Å². The summed E-state index contributed by atoms with van der Waals surface area (Å²) >= 11 is 5.17. The molecule has 0 unspecified atom stereocenters. The molecule has 0 atom stereocenters. The first-order chi connectivity index (χ1) is 13.1. The lowest BCUT2D eigenvalue weighted by molar-refractivity contribution is 0.0946. The summed E-state index contributed by atoms with van der Waals surface area (Å²) in [6.45, 7) is 0.301. The first kappa shape index (κ1) is 18.3. The van der Waals surface area contributed by atoms with Gasteiger partial charge in [-0.15, -0.1) is 0 Å². The highest BCUT2D eigenvalue weighted by Gasteiger charge is 2.10. The van der Waals surface area contributed by atoms with Gasteiger partial charge in [0, 0.05) is 16.8 Å². The summed E-state index contributed by atoms with van der Waals surface area (Å²) in [5, 5.41) is 8.44. The van der Waals surface area contributed by atoms with Crippen LogP contribution < -0.4 is 16.0 Å². The standard InChI is InChI=1S/C20H17N3O3S/c24-18(21-13-17-10-5-11-26-17)15-8-4-9-16(12-15)22-20(27)23-19(25)14-6-2-1-3-7-14/h1-12H,13H2,(H,21,24)(H2,22,23,25,27). The van der Waals surface area contributed by atoms with Gasteiger partial charge in [0.15, 0.2) is 5.11 Å². The number of rotatable bonds is 5. The summed E-state index contributed by atoms with van der Waals surface area (Å²) in [7, 11) is 0. The maximum absolute atomic E-state index is 12.3. The molecule has 0 bridgehead atoms. The van der Waals surface area contributed by atoms with Crippen LogP contribution in [-0.4, -0.2) is 16.9 Å². The van der Waals surface area contributed by atoms with Gasteiger partial charge in [0.2, 0.25) is 0 Å². The van der Waals surface area contributed by atoms with Crippen LogP contribution in [0.15, 0.2) is 77.4 Å². The molecule has 136 valence electrons. The van der Waals surface area contributed by atoms with E-state index in [0.29, 0.717) is 29.1 Å². The Morgan fingerprint density at radius 2 is 1.67 bits per heavy atom. The predicted octanol–water partition coefficient (Wildman–Crippen LogP) is 3.34. The zero-order valence-electron chi connectivity index (χ0n) is 14.3. The summed E-state index contributed by atoms with van der Waals surface area (Å²) in [6, 6.07) is 19.1. The molecule has 0 aliphatic heterocycles. The third-order valence-corrected chi connectivity index (χ3v) is 3.85. The molecule has 0 radical (unpaired) electrons. The third-order valence-electron chi connectivity index (χ3n) is 3.65. The largest absolute Gasteiger partial charge is 0.467 e. The van der Waals surface area contributed by atoms with Crippen molar-refractivity contribution in [2.75, 3.05) is 5.32 Å². The molecule has 0 aliphatic rings. The highest BCUT2D eigenvalue weighted by Crippen LogP contribution is 2.11. The molecule has 27 heavy (non-hydrogen) atoms. The monoisotopic (exact) mass is 379 g/mol. The van der Waals surface area contributed by atoms with Gasteiger partial charge in [-0.25, -0.2) is 0 Å². The van der Waals surface area contributed by atoms with Crippen LogP contribution in [0, 0.1) is 0 Å². The molecule has 7 heteroatoms. The van der Waals surface area contributed by atoms with E-state index in [1.165, 1.54) is 0 Å². The SMILES string of the molecule is O=C(NCc1ccco1)c1cccc(NC(=S)NC(=O)c2ccccc2)c1. The van der Waals surface area contributed by atoms with Gasteiger partial charge in [0.1, 0.15) is 5.76 Å². The number of hydrogen-bond donors (Lipinski definition) is 3. The Morgan fingerprint density at radius 3 is 2.41 bits per heavy atom. The Labute approximate surface area is 161 Å². The van der Waals surface area contributed by atoms with Crippen LogP contribution in [0.4, 0.5) is 5.69 Å². The summed E-state index contributed by atoms with van der Waals surface area (Å²) in [6.07, 6.45) is 1.55. The molecular formula is C20H17N3O3S. The predicted molar refractivity (Wildman–Crippen MR) is 106 cm³/mol. The minimum atomic E-state index is -0.305. The summed E-state index contributed by atoms with van der Waals surface area (Å²) in [4.78, 5) is 24.4. The molecule has 2 aromatic carbocycles. The van der Waals surface area contributed by atoms with E-state index < -0.39 is 0 Å². The lowest BCUT2D eigenvalue weighted by Crippen LogP contribution is -2.34. The summed E-state index contributed by atoms with van der Waals surface area (Å²) in [5.74, 6) is 0.122. The number of amides is 2. The van der Waals surface area contributed by atoms with Crippen LogP contribution in [-0.2, 0) is 6.54 Å². The van der Waals surface area contributed by atoms with E-state index in [9.17, 15) is 9.59 Å². The highest BCUT2D eigenvalue weighted by atomic mass is 32.1. The molecule has 1 aromatic heterocycles. The number of hydrogen-bond acceptors (Lipinski definition) is 4. The second-order valence-electron chi connectivity index (χ2n) is 5.62. The van der Waals surface area contributed by atoms with E-state index in [0.717, 1.165) is 0 Å². The number of anilines is 1. The Balaban J connectivity index is 1.57. The van der Waals surface area contributed by atoms with Gasteiger partial charge in [-0.2, -0.15) is 0 Å². The Morgan fingerprint density at radius 1 is 0.889 bits per heavy atom. The Hall–Kier alpha value is -3.45. The van der Waals surface area contributed by atoms with Crippen molar-refractivity contribution in [3.8, 4) is 0 Å². The first-order valence-corrected chi connectivity index (χ1v) is 8.60. The van der Waals surface area contributed by atoms with Gasteiger partial charge in [-0.1, -0.05) is 24.3 Å². The lowest BCUT2D eigenvalue weighted by Gasteiger charge is -2.11. The third kappa shape index (κ3) is 5.26. The van der Waals surface area contributed by atoms with Gasteiger partial charge < -0.3 is 15.1 Å². The van der Waals surface area contributed by atoms with Crippen LogP contribution in [0.2, 0.25) is 0 Å². The van der Waals surface area contributed by atoms with Crippen LogP contribution in [0.3, 0.4) is 0 Å². The van der Waals surface area contributed by atoms with Crippen LogP contribution in [0.1, 0.15) is 26.5 Å². The molecule has 1 heterocycles. The zero-order chi connectivity index (χ0) is 19.1. The quantitative estimate of drug-likeness (QED) is 0.592. The first-order valence-electron chi connectivity index (χ1n) is 8.20. The molecule has 3 N–H and O–H groups in total. The molecule has 0 saturated carbocycles. The van der Waals surface area contributed by atoms with Crippen molar-refractivity contribution >= 4 is 34.8 Å². The minimum absolute atomic E-state index is 0.150. The van der Waals surface area contributed by atoms with E-state index >= 15 is 0 Å². The Bertz CT molecular complexity index is 940. The molecule has 0 aliphatic carbocycles. The maximum atomic E-state index is 12.3. The van der Waals surface area contributed by atoms with Crippen molar-refractivity contribution in [2.45, 2.75) is 6.54 Å². The maximum Gasteiger partial charge on any atom is 0.257 e. The minimum Gasteiger partial charge on any atom is -0.467 e.